The summed E-state index contributed by atoms with van der Waals surface area (Å²) in [5.41, 5.74) is 1.81. The monoisotopic (exact) mass is 370 g/mol. The molecule has 0 bridgehead atoms. The molecule has 0 saturated carbocycles. The molecule has 21 heavy (non-hydrogen) atoms. The average molecular weight is 372 g/mol. The van der Waals surface area contributed by atoms with E-state index in [0.717, 1.165) is 11.3 Å². The molecule has 0 saturated heterocycles. The summed E-state index contributed by atoms with van der Waals surface area (Å²) in [5.74, 6) is 0.587. The van der Waals surface area contributed by atoms with Crippen LogP contribution in [0.1, 0.15) is 5.56 Å². The molecular weight excluding hydrogens is 360 g/mol. The molecule has 0 aliphatic carbocycles. The van der Waals surface area contributed by atoms with Crippen LogP contribution in [-0.4, -0.2) is 12.0 Å². The first-order valence-corrected chi connectivity index (χ1v) is 7.18. The summed E-state index contributed by atoms with van der Waals surface area (Å²) in [4.78, 5) is 10.3. The SMILES string of the molecule is COc1cc(NCc2ccc([N+](=O)[O-])cc2Br)ccc1Cl. The number of benzene rings is 2. The number of nitro benzene ring substituents is 1. The van der Waals surface area contributed by atoms with Crippen molar-refractivity contribution in [3.63, 3.8) is 0 Å². The second kappa shape index (κ2) is 6.78. The molecule has 2 aromatic rings. The Bertz CT molecular complexity index is 679. The van der Waals surface area contributed by atoms with Crippen molar-refractivity contribution >= 4 is 38.9 Å². The van der Waals surface area contributed by atoms with Gasteiger partial charge >= 0.3 is 0 Å². The lowest BCUT2D eigenvalue weighted by atomic mass is 10.2. The van der Waals surface area contributed by atoms with E-state index in [-0.39, 0.29) is 5.69 Å². The van der Waals surface area contributed by atoms with Crippen LogP contribution in [0.2, 0.25) is 5.02 Å². The van der Waals surface area contributed by atoms with Crippen molar-refractivity contribution in [1.29, 1.82) is 0 Å². The Morgan fingerprint density at radius 3 is 2.71 bits per heavy atom. The van der Waals surface area contributed by atoms with Gasteiger partial charge in [0, 0.05) is 34.9 Å². The van der Waals surface area contributed by atoms with E-state index < -0.39 is 4.92 Å². The van der Waals surface area contributed by atoms with E-state index in [1.807, 2.05) is 6.07 Å². The maximum atomic E-state index is 10.7. The van der Waals surface area contributed by atoms with Crippen molar-refractivity contribution in [2.75, 3.05) is 12.4 Å². The zero-order chi connectivity index (χ0) is 15.4. The molecule has 0 aliphatic rings. The fourth-order valence-corrected chi connectivity index (χ4v) is 2.46. The van der Waals surface area contributed by atoms with Gasteiger partial charge in [0.1, 0.15) is 5.75 Å². The minimum absolute atomic E-state index is 0.0544. The zero-order valence-corrected chi connectivity index (χ0v) is 13.4. The van der Waals surface area contributed by atoms with Crippen molar-refractivity contribution in [3.05, 3.63) is 61.6 Å². The van der Waals surface area contributed by atoms with Crippen LogP contribution in [0.15, 0.2) is 40.9 Å². The molecule has 1 N–H and O–H groups in total. The van der Waals surface area contributed by atoms with E-state index in [4.69, 9.17) is 16.3 Å². The van der Waals surface area contributed by atoms with Gasteiger partial charge in [0.2, 0.25) is 0 Å². The molecule has 2 rings (SSSR count). The maximum absolute atomic E-state index is 10.7. The molecule has 0 unspecified atom stereocenters. The van der Waals surface area contributed by atoms with Crippen molar-refractivity contribution in [3.8, 4) is 5.75 Å². The zero-order valence-electron chi connectivity index (χ0n) is 11.1. The van der Waals surface area contributed by atoms with Crippen LogP contribution in [0.25, 0.3) is 0 Å². The minimum Gasteiger partial charge on any atom is -0.495 e. The number of anilines is 1. The standard InChI is InChI=1S/C14H12BrClN2O3/c1-21-14-6-10(3-5-13(14)16)17-8-9-2-4-11(18(19)20)7-12(9)15/h2-7,17H,8H2,1H3. The number of rotatable bonds is 5. The quantitative estimate of drug-likeness (QED) is 0.614. The van der Waals surface area contributed by atoms with Gasteiger partial charge in [-0.2, -0.15) is 0 Å². The molecule has 0 atom stereocenters. The van der Waals surface area contributed by atoms with Crippen LogP contribution in [-0.2, 0) is 6.54 Å². The Hall–Kier alpha value is -1.79. The van der Waals surface area contributed by atoms with E-state index in [1.54, 1.807) is 25.3 Å². The van der Waals surface area contributed by atoms with Crippen molar-refractivity contribution < 1.29 is 9.66 Å². The van der Waals surface area contributed by atoms with Crippen LogP contribution in [0.4, 0.5) is 11.4 Å². The molecule has 0 radical (unpaired) electrons. The van der Waals surface area contributed by atoms with Crippen molar-refractivity contribution in [2.45, 2.75) is 6.54 Å². The van der Waals surface area contributed by atoms with Gasteiger partial charge in [-0.25, -0.2) is 0 Å². The number of methoxy groups -OCH3 is 1. The maximum Gasteiger partial charge on any atom is 0.270 e. The summed E-state index contributed by atoms with van der Waals surface area (Å²) in [5, 5.41) is 14.4. The van der Waals surface area contributed by atoms with Crippen LogP contribution in [0.3, 0.4) is 0 Å². The van der Waals surface area contributed by atoms with E-state index >= 15 is 0 Å². The van der Waals surface area contributed by atoms with Crippen molar-refractivity contribution in [1.82, 2.24) is 0 Å². The lowest BCUT2D eigenvalue weighted by Gasteiger charge is -2.10. The smallest absolute Gasteiger partial charge is 0.270 e. The van der Waals surface area contributed by atoms with Gasteiger partial charge in [-0.15, -0.1) is 0 Å². The fraction of sp³-hybridized carbons (Fsp3) is 0.143. The van der Waals surface area contributed by atoms with E-state index in [2.05, 4.69) is 21.2 Å². The Morgan fingerprint density at radius 1 is 1.33 bits per heavy atom. The van der Waals surface area contributed by atoms with Gasteiger partial charge in [0.25, 0.3) is 5.69 Å². The van der Waals surface area contributed by atoms with Gasteiger partial charge in [-0.1, -0.05) is 27.5 Å². The molecule has 5 nitrogen and oxygen atoms in total. The van der Waals surface area contributed by atoms with Gasteiger partial charge in [0.05, 0.1) is 17.1 Å². The molecule has 0 fully saturated rings. The Morgan fingerprint density at radius 2 is 2.10 bits per heavy atom. The molecule has 7 heteroatoms. The second-order valence-electron chi connectivity index (χ2n) is 4.24. The molecular formula is C14H12BrClN2O3. The highest BCUT2D eigenvalue weighted by molar-refractivity contribution is 9.10. The van der Waals surface area contributed by atoms with E-state index in [1.165, 1.54) is 12.1 Å². The third-order valence-corrected chi connectivity index (χ3v) is 3.93. The lowest BCUT2D eigenvalue weighted by molar-refractivity contribution is -0.384. The molecule has 2 aromatic carbocycles. The summed E-state index contributed by atoms with van der Waals surface area (Å²) >= 11 is 9.30. The van der Waals surface area contributed by atoms with Crippen molar-refractivity contribution in [2.24, 2.45) is 0 Å². The number of halogens is 2. The minimum atomic E-state index is -0.425. The highest BCUT2D eigenvalue weighted by Gasteiger charge is 2.09. The predicted molar refractivity (Wildman–Crippen MR) is 86.1 cm³/mol. The number of non-ortho nitro benzene ring substituents is 1. The number of hydrogen-bond acceptors (Lipinski definition) is 4. The summed E-state index contributed by atoms with van der Waals surface area (Å²) in [6.45, 7) is 0.517. The van der Waals surface area contributed by atoms with Crippen LogP contribution in [0.5, 0.6) is 5.75 Å². The first-order valence-electron chi connectivity index (χ1n) is 6.01. The Balaban J connectivity index is 2.11. The third-order valence-electron chi connectivity index (χ3n) is 2.88. The largest absolute Gasteiger partial charge is 0.495 e. The highest BCUT2D eigenvalue weighted by atomic mass is 79.9. The van der Waals surface area contributed by atoms with Gasteiger partial charge in [-0.05, 0) is 23.8 Å². The van der Waals surface area contributed by atoms with Gasteiger partial charge in [0.15, 0.2) is 0 Å². The Kier molecular flexibility index (Phi) is 5.03. The van der Waals surface area contributed by atoms with Gasteiger partial charge < -0.3 is 10.1 Å². The lowest BCUT2D eigenvalue weighted by Crippen LogP contribution is -2.01. The number of nitrogens with one attached hydrogen (secondary N) is 1. The summed E-state index contributed by atoms with van der Waals surface area (Å²) in [6.07, 6.45) is 0. The number of nitro groups is 1. The van der Waals surface area contributed by atoms with E-state index in [0.29, 0.717) is 21.8 Å². The normalized spacial score (nSPS) is 10.2. The summed E-state index contributed by atoms with van der Waals surface area (Å²) in [6, 6.07) is 10.0. The molecule has 0 heterocycles. The summed E-state index contributed by atoms with van der Waals surface area (Å²) in [7, 11) is 1.55. The first-order chi connectivity index (χ1) is 10.0. The fourth-order valence-electron chi connectivity index (χ4n) is 1.76. The van der Waals surface area contributed by atoms with E-state index in [9.17, 15) is 10.1 Å². The van der Waals surface area contributed by atoms with Crippen LogP contribution >= 0.6 is 27.5 Å². The topological polar surface area (TPSA) is 64.4 Å². The second-order valence-corrected chi connectivity index (χ2v) is 5.50. The number of nitrogens with zero attached hydrogens (tertiary/aromatic N) is 1. The number of ether oxygens (including phenoxy) is 1. The van der Waals surface area contributed by atoms with Crippen LogP contribution in [0, 0.1) is 10.1 Å². The third kappa shape index (κ3) is 3.86. The Labute approximate surface area is 135 Å². The molecule has 0 spiro atoms. The molecule has 0 amide bonds. The molecule has 110 valence electrons. The highest BCUT2D eigenvalue weighted by Crippen LogP contribution is 2.28. The predicted octanol–water partition coefficient (Wildman–Crippen LogP) is 4.63. The molecule has 0 aromatic heterocycles. The average Bonchev–Trinajstić information content (AvgIpc) is 2.47. The van der Waals surface area contributed by atoms with Gasteiger partial charge in [-0.3, -0.25) is 10.1 Å². The number of hydrogen-bond donors (Lipinski definition) is 1. The first kappa shape index (κ1) is 15.6. The summed E-state index contributed by atoms with van der Waals surface area (Å²) < 4.78 is 5.83. The van der Waals surface area contributed by atoms with Crippen LogP contribution < -0.4 is 10.1 Å². The molecule has 0 aliphatic heterocycles.